The third-order valence-electron chi connectivity index (χ3n) is 5.19. The van der Waals surface area contributed by atoms with E-state index in [0.29, 0.717) is 31.1 Å². The molecule has 1 atom stereocenters. The van der Waals surface area contributed by atoms with Crippen molar-refractivity contribution >= 4 is 16.7 Å². The lowest BCUT2D eigenvalue weighted by Crippen LogP contribution is -2.30. The Bertz CT molecular complexity index is 1080. The predicted molar refractivity (Wildman–Crippen MR) is 137 cm³/mol. The van der Waals surface area contributed by atoms with E-state index in [0.717, 1.165) is 35.1 Å². The molecule has 1 unspecified atom stereocenters. The van der Waals surface area contributed by atoms with Gasteiger partial charge in [0.1, 0.15) is 37.1 Å². The zero-order valence-corrected chi connectivity index (χ0v) is 20.5. The van der Waals surface area contributed by atoms with Crippen LogP contribution in [0, 0.1) is 0 Å². The van der Waals surface area contributed by atoms with Crippen molar-refractivity contribution in [3.8, 4) is 17.2 Å². The topological polar surface area (TPSA) is 63.2 Å². The van der Waals surface area contributed by atoms with E-state index in [4.69, 9.17) is 23.7 Å². The van der Waals surface area contributed by atoms with Crippen molar-refractivity contribution in [1.29, 1.82) is 0 Å². The van der Waals surface area contributed by atoms with Gasteiger partial charge in [-0.2, -0.15) is 0 Å². The van der Waals surface area contributed by atoms with Crippen LogP contribution >= 0.6 is 0 Å². The number of para-hydroxylation sites is 1. The lowest BCUT2D eigenvalue weighted by Gasteiger charge is -2.20. The van der Waals surface area contributed by atoms with Crippen molar-refractivity contribution in [3.05, 3.63) is 78.9 Å². The van der Waals surface area contributed by atoms with Crippen molar-refractivity contribution < 1.29 is 28.5 Å². The van der Waals surface area contributed by atoms with Crippen LogP contribution in [-0.4, -0.2) is 45.1 Å². The molecule has 0 fully saturated rings. The second-order valence-corrected chi connectivity index (χ2v) is 8.16. The Hall–Kier alpha value is -3.51. The van der Waals surface area contributed by atoms with Gasteiger partial charge >= 0.3 is 5.97 Å². The highest BCUT2D eigenvalue weighted by Crippen LogP contribution is 2.33. The van der Waals surface area contributed by atoms with Crippen molar-refractivity contribution in [2.75, 3.05) is 33.0 Å². The largest absolute Gasteiger partial charge is 0.490 e. The van der Waals surface area contributed by atoms with Gasteiger partial charge in [0.15, 0.2) is 6.10 Å². The van der Waals surface area contributed by atoms with Crippen LogP contribution in [0.15, 0.2) is 78.9 Å². The Morgan fingerprint density at radius 1 is 0.800 bits per heavy atom. The minimum absolute atomic E-state index is 0.167. The maximum atomic E-state index is 12.1. The molecule has 0 saturated heterocycles. The van der Waals surface area contributed by atoms with E-state index < -0.39 is 12.1 Å². The molecular weight excluding hydrogens is 444 g/mol. The molecule has 0 radical (unpaired) electrons. The molecule has 0 bridgehead atoms. The number of hydrogen-bond acceptors (Lipinski definition) is 6. The number of ether oxygens (including phenoxy) is 5. The minimum Gasteiger partial charge on any atom is -0.490 e. The summed E-state index contributed by atoms with van der Waals surface area (Å²) >= 11 is 0. The fraction of sp³-hybridized carbons (Fsp3) is 0.345. The number of rotatable bonds is 15. The summed E-state index contributed by atoms with van der Waals surface area (Å²) in [7, 11) is 0. The van der Waals surface area contributed by atoms with E-state index in [2.05, 4.69) is 13.5 Å². The van der Waals surface area contributed by atoms with E-state index in [-0.39, 0.29) is 13.2 Å². The van der Waals surface area contributed by atoms with Crippen LogP contribution in [0.4, 0.5) is 0 Å². The molecule has 6 nitrogen and oxygen atoms in total. The molecule has 3 rings (SSSR count). The van der Waals surface area contributed by atoms with Crippen LogP contribution in [0.2, 0.25) is 0 Å². The molecule has 0 aliphatic heterocycles. The molecule has 0 aliphatic carbocycles. The maximum Gasteiger partial charge on any atom is 0.333 e. The summed E-state index contributed by atoms with van der Waals surface area (Å²) in [6.45, 7) is 9.26. The van der Waals surface area contributed by atoms with Crippen LogP contribution < -0.4 is 14.2 Å². The van der Waals surface area contributed by atoms with Gasteiger partial charge < -0.3 is 23.7 Å². The molecule has 35 heavy (non-hydrogen) atoms. The van der Waals surface area contributed by atoms with Gasteiger partial charge in [-0.15, -0.1) is 0 Å². The minimum atomic E-state index is -0.541. The van der Waals surface area contributed by atoms with E-state index in [1.807, 2.05) is 66.7 Å². The molecule has 0 aromatic heterocycles. The van der Waals surface area contributed by atoms with E-state index in [1.165, 1.54) is 0 Å². The summed E-state index contributed by atoms with van der Waals surface area (Å²) in [6, 6.07) is 21.3. The van der Waals surface area contributed by atoms with Gasteiger partial charge in [-0.3, -0.25) is 0 Å². The first-order chi connectivity index (χ1) is 17.1. The van der Waals surface area contributed by atoms with Crippen LogP contribution in [-0.2, 0) is 14.3 Å². The normalized spacial score (nSPS) is 11.6. The number of benzene rings is 3. The second-order valence-electron chi connectivity index (χ2n) is 8.16. The standard InChI is InChI=1S/C29H34O6/c1-4-5-17-31-20-24(35-29(30)22(2)3)21-34-28-16-15-27(25-13-9-10-14-26(25)28)33-19-18-32-23-11-7-6-8-12-23/h6-16,24H,2,4-5,17-21H2,1,3H3. The molecule has 3 aromatic rings. The summed E-state index contributed by atoms with van der Waals surface area (Å²) in [5, 5.41) is 1.84. The Labute approximate surface area is 207 Å². The summed E-state index contributed by atoms with van der Waals surface area (Å²) in [5.74, 6) is 1.78. The Kier molecular flexibility index (Phi) is 10.5. The van der Waals surface area contributed by atoms with Crippen LogP contribution in [0.3, 0.4) is 0 Å². The Balaban J connectivity index is 1.63. The molecule has 0 spiro atoms. The summed E-state index contributed by atoms with van der Waals surface area (Å²) < 4.78 is 29.0. The first-order valence-electron chi connectivity index (χ1n) is 12.0. The second kappa shape index (κ2) is 14.0. The van der Waals surface area contributed by atoms with Crippen molar-refractivity contribution in [2.24, 2.45) is 0 Å². The lowest BCUT2D eigenvalue weighted by atomic mass is 10.1. The van der Waals surface area contributed by atoms with Gasteiger partial charge in [0.25, 0.3) is 0 Å². The van der Waals surface area contributed by atoms with Crippen LogP contribution in [0.25, 0.3) is 10.8 Å². The highest BCUT2D eigenvalue weighted by molar-refractivity contribution is 5.93. The number of unbranched alkanes of at least 4 members (excludes halogenated alkanes) is 1. The molecule has 0 heterocycles. The summed E-state index contributed by atoms with van der Waals surface area (Å²) in [6.07, 6.45) is 1.44. The van der Waals surface area contributed by atoms with E-state index in [1.54, 1.807) is 6.92 Å². The molecule has 186 valence electrons. The van der Waals surface area contributed by atoms with Crippen LogP contribution in [0.1, 0.15) is 26.7 Å². The number of hydrogen-bond donors (Lipinski definition) is 0. The van der Waals surface area contributed by atoms with Gasteiger partial charge in [-0.05, 0) is 37.6 Å². The van der Waals surface area contributed by atoms with Gasteiger partial charge in [0.05, 0.1) is 6.61 Å². The third kappa shape index (κ3) is 8.34. The SMILES string of the molecule is C=C(C)C(=O)OC(COCCCC)COc1ccc(OCCOc2ccccc2)c2ccccc12. The zero-order chi connectivity index (χ0) is 24.9. The maximum absolute atomic E-state index is 12.1. The fourth-order valence-electron chi connectivity index (χ4n) is 3.34. The zero-order valence-electron chi connectivity index (χ0n) is 20.5. The average Bonchev–Trinajstić information content (AvgIpc) is 2.88. The highest BCUT2D eigenvalue weighted by atomic mass is 16.6. The Morgan fingerprint density at radius 2 is 1.43 bits per heavy atom. The van der Waals surface area contributed by atoms with Crippen molar-refractivity contribution in [1.82, 2.24) is 0 Å². The smallest absolute Gasteiger partial charge is 0.333 e. The van der Waals surface area contributed by atoms with Crippen molar-refractivity contribution in [2.45, 2.75) is 32.8 Å². The summed E-state index contributed by atoms with van der Waals surface area (Å²) in [5.41, 5.74) is 0.340. The average molecular weight is 479 g/mol. The highest BCUT2D eigenvalue weighted by Gasteiger charge is 2.18. The van der Waals surface area contributed by atoms with Gasteiger partial charge in [-0.1, -0.05) is 62.4 Å². The van der Waals surface area contributed by atoms with E-state index in [9.17, 15) is 4.79 Å². The molecule has 0 aliphatic rings. The van der Waals surface area contributed by atoms with Crippen molar-refractivity contribution in [3.63, 3.8) is 0 Å². The first-order valence-corrected chi connectivity index (χ1v) is 12.0. The first kappa shape index (κ1) is 26.1. The van der Waals surface area contributed by atoms with Crippen LogP contribution in [0.5, 0.6) is 17.2 Å². The molecule has 0 saturated carbocycles. The monoisotopic (exact) mass is 478 g/mol. The summed E-state index contributed by atoms with van der Waals surface area (Å²) in [4.78, 5) is 12.1. The molecule has 3 aromatic carbocycles. The van der Waals surface area contributed by atoms with Gasteiger partial charge in [-0.25, -0.2) is 4.79 Å². The number of carbonyl (C=O) groups excluding carboxylic acids is 1. The number of fused-ring (bicyclic) bond motifs is 1. The number of carbonyl (C=O) groups is 1. The van der Waals surface area contributed by atoms with Gasteiger partial charge in [0, 0.05) is 23.0 Å². The molecule has 0 N–H and O–H groups in total. The van der Waals surface area contributed by atoms with Gasteiger partial charge in [0.2, 0.25) is 0 Å². The lowest BCUT2D eigenvalue weighted by molar-refractivity contribution is -0.149. The molecule has 0 amide bonds. The quantitative estimate of drug-likeness (QED) is 0.152. The van der Waals surface area contributed by atoms with E-state index >= 15 is 0 Å². The predicted octanol–water partition coefficient (Wildman–Crippen LogP) is 5.98. The third-order valence-corrected chi connectivity index (χ3v) is 5.19. The number of esters is 1. The fourth-order valence-corrected chi connectivity index (χ4v) is 3.34. The molecule has 6 heteroatoms. The molecular formula is C29H34O6. The Morgan fingerprint density at radius 3 is 2.09 bits per heavy atom.